The Morgan fingerprint density at radius 2 is 2.00 bits per heavy atom. The second kappa shape index (κ2) is 4.05. The van der Waals surface area contributed by atoms with Crippen molar-refractivity contribution in [2.24, 2.45) is 0 Å². The van der Waals surface area contributed by atoms with Crippen molar-refractivity contribution in [1.29, 1.82) is 0 Å². The Kier molecular flexibility index (Phi) is 3.70. The van der Waals surface area contributed by atoms with Gasteiger partial charge in [-0.25, -0.2) is 0 Å². The Morgan fingerprint density at radius 1 is 1.45 bits per heavy atom. The Balaban J connectivity index is 3.53. The van der Waals surface area contributed by atoms with Gasteiger partial charge in [-0.1, -0.05) is 0 Å². The minimum atomic E-state index is -2.37. The average Bonchev–Trinajstić information content (AvgIpc) is 1.87. The van der Waals surface area contributed by atoms with Crippen molar-refractivity contribution in [3.63, 3.8) is 0 Å². The summed E-state index contributed by atoms with van der Waals surface area (Å²) in [5, 5.41) is 25.4. The molecular weight excluding hydrogens is 152 g/mol. The third-order valence-corrected chi connectivity index (χ3v) is 1.12. The van der Waals surface area contributed by atoms with Crippen molar-refractivity contribution in [2.45, 2.75) is 25.0 Å². The van der Waals surface area contributed by atoms with Gasteiger partial charge in [-0.2, -0.15) is 0 Å². The van der Waals surface area contributed by atoms with Gasteiger partial charge >= 0.3 is 5.97 Å². The monoisotopic (exact) mass is 162 g/mol. The summed E-state index contributed by atoms with van der Waals surface area (Å²) in [6.07, 6.45) is -0.366. The highest BCUT2D eigenvalue weighted by Gasteiger charge is 2.21. The van der Waals surface area contributed by atoms with Crippen molar-refractivity contribution < 1.29 is 24.9 Å². The molecule has 0 aromatic carbocycles. The average molecular weight is 162 g/mol. The van der Waals surface area contributed by atoms with Gasteiger partial charge in [-0.05, 0) is 6.42 Å². The van der Waals surface area contributed by atoms with E-state index < -0.39 is 11.8 Å². The van der Waals surface area contributed by atoms with Crippen molar-refractivity contribution in [2.75, 3.05) is 0 Å². The first-order chi connectivity index (χ1) is 4.98. The number of rotatable bonds is 5. The molecule has 0 aromatic rings. The van der Waals surface area contributed by atoms with Crippen LogP contribution in [0.25, 0.3) is 0 Å². The van der Waals surface area contributed by atoms with Crippen LogP contribution < -0.4 is 0 Å². The lowest BCUT2D eigenvalue weighted by Gasteiger charge is -2.12. The number of hydrogen-bond acceptors (Lipinski definition) is 4. The lowest BCUT2D eigenvalue weighted by atomic mass is 10.1. The van der Waals surface area contributed by atoms with Crippen molar-refractivity contribution in [3.8, 4) is 0 Å². The van der Waals surface area contributed by atoms with Crippen LogP contribution in [0.5, 0.6) is 0 Å². The van der Waals surface area contributed by atoms with Crippen molar-refractivity contribution >= 4 is 12.3 Å². The van der Waals surface area contributed by atoms with Gasteiger partial charge in [-0.3, -0.25) is 9.59 Å². The molecule has 64 valence electrons. The maximum Gasteiger partial charge on any atom is 0.303 e. The number of aldehydes is 1. The van der Waals surface area contributed by atoms with Crippen molar-refractivity contribution in [1.82, 2.24) is 0 Å². The number of carbonyl (C=O) groups excluding carboxylic acids is 1. The third-order valence-electron chi connectivity index (χ3n) is 1.12. The molecule has 0 aliphatic carbocycles. The maximum atomic E-state index is 9.92. The minimum absolute atomic E-state index is 0.0190. The van der Waals surface area contributed by atoms with E-state index in [9.17, 15) is 9.59 Å². The van der Waals surface area contributed by atoms with E-state index >= 15 is 0 Å². The Bertz CT molecular complexity index is 151. The molecule has 5 nitrogen and oxygen atoms in total. The van der Waals surface area contributed by atoms with Gasteiger partial charge in [0.2, 0.25) is 5.79 Å². The standard InChI is InChI=1S/C6H10O5/c7-4-6(10,11)3-1-2-5(8)9/h4,10-11H,1-3H2,(H,8,9). The number of hydrogen-bond donors (Lipinski definition) is 3. The fraction of sp³-hybridized carbons (Fsp3) is 0.667. The van der Waals surface area contributed by atoms with Gasteiger partial charge in [0.05, 0.1) is 0 Å². The quantitative estimate of drug-likeness (QED) is 0.360. The van der Waals surface area contributed by atoms with Crippen LogP contribution in [0.3, 0.4) is 0 Å². The van der Waals surface area contributed by atoms with E-state index in [1.165, 1.54) is 0 Å². The van der Waals surface area contributed by atoms with Crippen molar-refractivity contribution in [3.05, 3.63) is 0 Å². The Morgan fingerprint density at radius 3 is 2.36 bits per heavy atom. The van der Waals surface area contributed by atoms with Gasteiger partial charge < -0.3 is 15.3 Å². The normalized spacial score (nSPS) is 11.1. The second-order valence-electron chi connectivity index (χ2n) is 2.24. The first-order valence-corrected chi connectivity index (χ1v) is 3.11. The Hall–Kier alpha value is -0.940. The zero-order valence-corrected chi connectivity index (χ0v) is 5.86. The van der Waals surface area contributed by atoms with Gasteiger partial charge in [0, 0.05) is 12.8 Å². The zero-order chi connectivity index (χ0) is 8.91. The third kappa shape index (κ3) is 5.50. The van der Waals surface area contributed by atoms with Crippen LogP contribution in [0, 0.1) is 0 Å². The van der Waals surface area contributed by atoms with E-state index in [4.69, 9.17) is 15.3 Å². The molecule has 0 saturated carbocycles. The summed E-state index contributed by atoms with van der Waals surface area (Å²) in [4.78, 5) is 19.8. The molecular formula is C6H10O5. The number of carbonyl (C=O) groups is 2. The second-order valence-corrected chi connectivity index (χ2v) is 2.24. The molecule has 0 atom stereocenters. The topological polar surface area (TPSA) is 94.8 Å². The lowest BCUT2D eigenvalue weighted by molar-refractivity contribution is -0.172. The van der Waals surface area contributed by atoms with E-state index in [-0.39, 0.29) is 25.5 Å². The van der Waals surface area contributed by atoms with Gasteiger partial charge in [0.15, 0.2) is 6.29 Å². The summed E-state index contributed by atoms with van der Waals surface area (Å²) in [7, 11) is 0. The lowest BCUT2D eigenvalue weighted by Crippen LogP contribution is -2.29. The van der Waals surface area contributed by atoms with Gasteiger partial charge in [0.25, 0.3) is 0 Å². The van der Waals surface area contributed by atoms with Crippen LogP contribution in [0.2, 0.25) is 0 Å². The molecule has 0 heterocycles. The highest BCUT2D eigenvalue weighted by Crippen LogP contribution is 2.07. The van der Waals surface area contributed by atoms with Crippen LogP contribution >= 0.6 is 0 Å². The van der Waals surface area contributed by atoms with E-state index in [0.29, 0.717) is 0 Å². The van der Waals surface area contributed by atoms with Gasteiger partial charge in [-0.15, -0.1) is 0 Å². The molecule has 3 N–H and O–H groups in total. The highest BCUT2D eigenvalue weighted by molar-refractivity contribution is 5.66. The number of carboxylic acid groups (broad SMARTS) is 1. The van der Waals surface area contributed by atoms with E-state index in [2.05, 4.69) is 0 Å². The first kappa shape index (κ1) is 10.1. The molecule has 0 bridgehead atoms. The van der Waals surface area contributed by atoms with Crippen LogP contribution in [-0.4, -0.2) is 33.4 Å². The zero-order valence-electron chi connectivity index (χ0n) is 5.86. The molecule has 0 radical (unpaired) electrons. The first-order valence-electron chi connectivity index (χ1n) is 3.11. The molecule has 0 spiro atoms. The summed E-state index contributed by atoms with van der Waals surface area (Å²) in [6.45, 7) is 0. The minimum Gasteiger partial charge on any atom is -0.481 e. The van der Waals surface area contributed by atoms with E-state index in [1.807, 2.05) is 0 Å². The van der Waals surface area contributed by atoms with E-state index in [1.54, 1.807) is 0 Å². The molecule has 0 saturated heterocycles. The summed E-state index contributed by atoms with van der Waals surface area (Å²) in [5.41, 5.74) is 0. The van der Waals surface area contributed by atoms with E-state index in [0.717, 1.165) is 0 Å². The molecule has 5 heteroatoms. The molecule has 0 amide bonds. The molecule has 0 fully saturated rings. The fourth-order valence-electron chi connectivity index (χ4n) is 0.559. The number of aliphatic carboxylic acids is 1. The summed E-state index contributed by atoms with van der Waals surface area (Å²) < 4.78 is 0. The largest absolute Gasteiger partial charge is 0.481 e. The highest BCUT2D eigenvalue weighted by atomic mass is 16.5. The maximum absolute atomic E-state index is 9.92. The molecule has 0 aromatic heterocycles. The molecule has 11 heavy (non-hydrogen) atoms. The molecule has 0 aliphatic rings. The molecule has 0 unspecified atom stereocenters. The van der Waals surface area contributed by atoms with Crippen LogP contribution in [-0.2, 0) is 9.59 Å². The summed E-state index contributed by atoms with van der Waals surface area (Å²) >= 11 is 0. The predicted octanol–water partition coefficient (Wildman–Crippen LogP) is -0.879. The SMILES string of the molecule is O=CC(O)(O)CCCC(=O)O. The van der Waals surface area contributed by atoms with Crippen LogP contribution in [0.4, 0.5) is 0 Å². The smallest absolute Gasteiger partial charge is 0.303 e. The Labute approximate surface area is 63.3 Å². The van der Waals surface area contributed by atoms with Gasteiger partial charge in [0.1, 0.15) is 0 Å². The molecule has 0 rings (SSSR count). The van der Waals surface area contributed by atoms with Crippen LogP contribution in [0.1, 0.15) is 19.3 Å². The molecule has 0 aliphatic heterocycles. The fourth-order valence-corrected chi connectivity index (χ4v) is 0.559. The van der Waals surface area contributed by atoms with Crippen LogP contribution in [0.15, 0.2) is 0 Å². The number of carboxylic acids is 1. The summed E-state index contributed by atoms with van der Waals surface area (Å²) in [5.74, 6) is -3.39. The number of aliphatic hydroxyl groups is 2. The summed E-state index contributed by atoms with van der Waals surface area (Å²) in [6, 6.07) is 0. The predicted molar refractivity (Wildman–Crippen MR) is 34.7 cm³/mol.